The molecular weight excluding hydrogens is 388 g/mol. The van der Waals surface area contributed by atoms with Crippen LogP contribution in [-0.4, -0.2) is 31.7 Å². The van der Waals surface area contributed by atoms with Gasteiger partial charge in [0.25, 0.3) is 5.56 Å². The van der Waals surface area contributed by atoms with Crippen LogP contribution in [0, 0.1) is 6.92 Å². The zero-order chi connectivity index (χ0) is 21.8. The number of H-pyrrole nitrogens is 1. The summed E-state index contributed by atoms with van der Waals surface area (Å²) in [6, 6.07) is 16.0. The van der Waals surface area contributed by atoms with E-state index in [9.17, 15) is 4.79 Å². The van der Waals surface area contributed by atoms with Gasteiger partial charge in [-0.3, -0.25) is 4.79 Å². The number of fused-ring (bicyclic) bond motifs is 2. The van der Waals surface area contributed by atoms with E-state index in [0.29, 0.717) is 11.4 Å². The van der Waals surface area contributed by atoms with E-state index < -0.39 is 6.04 Å². The van der Waals surface area contributed by atoms with Crippen molar-refractivity contribution in [3.05, 3.63) is 81.4 Å². The number of hydrogen-bond donors (Lipinski definition) is 1. The second kappa shape index (κ2) is 7.04. The summed E-state index contributed by atoms with van der Waals surface area (Å²) < 4.78 is 1.83. The number of para-hydroxylation sites is 1. The predicted octanol–water partition coefficient (Wildman–Crippen LogP) is 3.73. The Morgan fingerprint density at radius 2 is 1.90 bits per heavy atom. The van der Waals surface area contributed by atoms with Crippen LogP contribution in [0.25, 0.3) is 10.9 Å². The van der Waals surface area contributed by atoms with Crippen LogP contribution in [0.5, 0.6) is 0 Å². The lowest BCUT2D eigenvalue weighted by Gasteiger charge is -2.31. The number of aromatic nitrogens is 5. The maximum Gasteiger partial charge on any atom is 0.254 e. The molecule has 0 aliphatic carbocycles. The van der Waals surface area contributed by atoms with E-state index in [1.54, 1.807) is 0 Å². The van der Waals surface area contributed by atoms with Crippen LogP contribution in [0.3, 0.4) is 0 Å². The van der Waals surface area contributed by atoms with Gasteiger partial charge in [0.2, 0.25) is 0 Å². The number of pyridine rings is 1. The predicted molar refractivity (Wildman–Crippen MR) is 121 cm³/mol. The summed E-state index contributed by atoms with van der Waals surface area (Å²) in [7, 11) is 0. The molecule has 31 heavy (non-hydrogen) atoms. The molecular formula is C24H26N6O. The topological polar surface area (TPSA) is 79.7 Å². The van der Waals surface area contributed by atoms with Gasteiger partial charge in [0.1, 0.15) is 6.04 Å². The lowest BCUT2D eigenvalue weighted by molar-refractivity contribution is 0.329. The van der Waals surface area contributed by atoms with Crippen molar-refractivity contribution in [1.29, 1.82) is 0 Å². The van der Waals surface area contributed by atoms with Gasteiger partial charge < -0.3 is 9.88 Å². The first-order valence-corrected chi connectivity index (χ1v) is 10.6. The highest BCUT2D eigenvalue weighted by molar-refractivity contribution is 5.80. The molecule has 0 unspecified atom stereocenters. The van der Waals surface area contributed by atoms with Crippen LogP contribution in [0.2, 0.25) is 0 Å². The van der Waals surface area contributed by atoms with Gasteiger partial charge in [-0.2, -0.15) is 0 Å². The van der Waals surface area contributed by atoms with Gasteiger partial charge in [-0.25, -0.2) is 4.68 Å². The number of benzene rings is 2. The van der Waals surface area contributed by atoms with Gasteiger partial charge >= 0.3 is 0 Å². The molecule has 0 amide bonds. The number of aryl methyl sites for hydroxylation is 1. The Balaban J connectivity index is 1.77. The summed E-state index contributed by atoms with van der Waals surface area (Å²) in [5, 5.41) is 13.7. The van der Waals surface area contributed by atoms with E-state index >= 15 is 0 Å². The first kappa shape index (κ1) is 19.5. The van der Waals surface area contributed by atoms with Gasteiger partial charge in [0.15, 0.2) is 5.82 Å². The van der Waals surface area contributed by atoms with Crippen LogP contribution in [-0.2, 0) is 12.0 Å². The van der Waals surface area contributed by atoms with Crippen molar-refractivity contribution in [3.8, 4) is 0 Å². The zero-order valence-electron chi connectivity index (χ0n) is 18.3. The Morgan fingerprint density at radius 3 is 2.71 bits per heavy atom. The first-order valence-electron chi connectivity index (χ1n) is 10.6. The maximum atomic E-state index is 13.3. The van der Waals surface area contributed by atoms with Crippen molar-refractivity contribution < 1.29 is 0 Å². The SMILES string of the molecule is Cc1ccc2[nH]c(=O)c([C@@H](c3nnnn3C(C)(C)C)N3CCc4ccccc43)cc2c1. The summed E-state index contributed by atoms with van der Waals surface area (Å²) in [4.78, 5) is 18.7. The van der Waals surface area contributed by atoms with E-state index in [4.69, 9.17) is 0 Å². The Morgan fingerprint density at radius 1 is 1.10 bits per heavy atom. The number of hydrogen-bond acceptors (Lipinski definition) is 5. The van der Waals surface area contributed by atoms with Gasteiger partial charge in [-0.05, 0) is 79.8 Å². The second-order valence-electron chi connectivity index (χ2n) is 9.24. The molecule has 2 aromatic carbocycles. The Bertz CT molecular complexity index is 1330. The third-order valence-electron chi connectivity index (χ3n) is 5.93. The van der Waals surface area contributed by atoms with Crippen LogP contribution in [0.4, 0.5) is 5.69 Å². The fourth-order valence-corrected chi connectivity index (χ4v) is 4.47. The minimum atomic E-state index is -0.397. The molecule has 1 N–H and O–H groups in total. The van der Waals surface area contributed by atoms with Crippen molar-refractivity contribution >= 4 is 16.6 Å². The van der Waals surface area contributed by atoms with Crippen LogP contribution >= 0.6 is 0 Å². The Kier molecular flexibility index (Phi) is 4.43. The quantitative estimate of drug-likeness (QED) is 0.553. The molecule has 1 aliphatic rings. The molecule has 5 rings (SSSR count). The molecule has 0 fully saturated rings. The van der Waals surface area contributed by atoms with Crippen LogP contribution in [0.15, 0.2) is 53.3 Å². The minimum Gasteiger partial charge on any atom is -0.357 e. The number of nitrogens with one attached hydrogen (secondary N) is 1. The highest BCUT2D eigenvalue weighted by atomic mass is 16.1. The van der Waals surface area contributed by atoms with Gasteiger partial charge in [0, 0.05) is 23.3 Å². The summed E-state index contributed by atoms with van der Waals surface area (Å²) in [6.07, 6.45) is 0.925. The van der Waals surface area contributed by atoms with Gasteiger partial charge in [-0.15, -0.1) is 5.10 Å². The normalized spacial score (nSPS) is 14.8. The van der Waals surface area contributed by atoms with E-state index in [1.807, 2.05) is 28.9 Å². The molecule has 7 nitrogen and oxygen atoms in total. The molecule has 0 saturated heterocycles. The molecule has 1 aliphatic heterocycles. The number of rotatable bonds is 3. The maximum absolute atomic E-state index is 13.3. The number of aromatic amines is 1. The van der Waals surface area contributed by atoms with Gasteiger partial charge in [-0.1, -0.05) is 29.8 Å². The van der Waals surface area contributed by atoms with Crippen molar-refractivity contribution in [2.24, 2.45) is 0 Å². The number of nitrogens with zero attached hydrogens (tertiary/aromatic N) is 5. The average Bonchev–Trinajstić information content (AvgIpc) is 3.37. The van der Waals surface area contributed by atoms with Crippen LogP contribution < -0.4 is 10.5 Å². The Labute approximate surface area is 180 Å². The zero-order valence-corrected chi connectivity index (χ0v) is 18.3. The van der Waals surface area contributed by atoms with E-state index in [-0.39, 0.29) is 11.1 Å². The summed E-state index contributed by atoms with van der Waals surface area (Å²) >= 11 is 0. The van der Waals surface area contributed by atoms with Crippen molar-refractivity contribution in [2.45, 2.75) is 45.7 Å². The average molecular weight is 415 g/mol. The summed E-state index contributed by atoms with van der Waals surface area (Å²) in [5.74, 6) is 0.668. The monoisotopic (exact) mass is 414 g/mol. The van der Waals surface area contributed by atoms with Crippen molar-refractivity contribution in [1.82, 2.24) is 25.2 Å². The molecule has 0 saturated carbocycles. The van der Waals surface area contributed by atoms with E-state index in [0.717, 1.165) is 35.1 Å². The second-order valence-corrected chi connectivity index (χ2v) is 9.24. The fourth-order valence-electron chi connectivity index (χ4n) is 4.47. The molecule has 0 radical (unpaired) electrons. The van der Waals surface area contributed by atoms with Crippen molar-refractivity contribution in [2.75, 3.05) is 11.4 Å². The largest absolute Gasteiger partial charge is 0.357 e. The molecule has 1 atom stereocenters. The summed E-state index contributed by atoms with van der Waals surface area (Å²) in [5.41, 5.74) is 4.58. The standard InChI is InChI=1S/C24H26N6O/c1-15-9-10-19-17(13-15)14-18(23(31)25-19)21(22-26-27-28-30(22)24(2,3)4)29-12-11-16-7-5-6-8-20(16)29/h5-10,13-14,21H,11-12H2,1-4H3,(H,25,31)/t21-/m0/s1. The smallest absolute Gasteiger partial charge is 0.254 e. The lowest BCUT2D eigenvalue weighted by atomic mass is 10.0. The highest BCUT2D eigenvalue weighted by Gasteiger charge is 2.36. The highest BCUT2D eigenvalue weighted by Crippen LogP contribution is 2.38. The molecule has 4 aromatic rings. The third kappa shape index (κ3) is 3.30. The van der Waals surface area contributed by atoms with E-state index in [1.165, 1.54) is 5.56 Å². The molecule has 3 heterocycles. The third-order valence-corrected chi connectivity index (χ3v) is 5.93. The fraction of sp³-hybridized carbons (Fsp3) is 0.333. The first-order chi connectivity index (χ1) is 14.8. The Hall–Kier alpha value is -3.48. The molecule has 158 valence electrons. The molecule has 0 spiro atoms. The van der Waals surface area contributed by atoms with Crippen molar-refractivity contribution in [3.63, 3.8) is 0 Å². The number of anilines is 1. The summed E-state index contributed by atoms with van der Waals surface area (Å²) in [6.45, 7) is 9.05. The molecule has 7 heteroatoms. The lowest BCUT2D eigenvalue weighted by Crippen LogP contribution is -2.37. The van der Waals surface area contributed by atoms with Crippen LogP contribution in [0.1, 0.15) is 49.3 Å². The number of tetrazole rings is 1. The minimum absolute atomic E-state index is 0.116. The molecule has 0 bridgehead atoms. The van der Waals surface area contributed by atoms with Gasteiger partial charge in [0.05, 0.1) is 5.54 Å². The molecule has 2 aromatic heterocycles. The van der Waals surface area contributed by atoms with E-state index in [2.05, 4.69) is 77.4 Å².